The number of aromatic nitrogens is 2. The number of anilines is 4. The zero-order valence-electron chi connectivity index (χ0n) is 36.1. The van der Waals surface area contributed by atoms with Crippen LogP contribution in [0.15, 0.2) is 151 Å². The molecule has 1 aliphatic heterocycles. The number of carbonyl (C=O) groups excluding carboxylic acids is 2. The first kappa shape index (κ1) is 42.7. The maximum atomic E-state index is 14.5. The molecule has 0 fully saturated rings. The minimum atomic E-state index is -0.351. The van der Waals surface area contributed by atoms with Crippen molar-refractivity contribution in [2.24, 2.45) is 0 Å². The summed E-state index contributed by atoms with van der Waals surface area (Å²) in [6.45, 7) is 10.7. The molecule has 0 atom stereocenters. The fraction of sp³-hybridized carbons (Fsp3) is 0.127. The first-order chi connectivity index (χ1) is 31.3. The number of carbonyl (C=O) groups is 2. The SMILES string of the molecule is Cc1cc(-c2c(Cl)cccc2Cl)c(N2/C(=C/C=C3C(=O)c4cc5ccccc5cc4C3=O)N(c3c(C(C)C)cccc3C(C)C)c3nc4ccccc4nc32)c(-c2c(Cl)cccc2Cl)c1. The molecule has 0 amide bonds. The van der Waals surface area contributed by atoms with Gasteiger partial charge in [0.25, 0.3) is 0 Å². The molecule has 0 saturated heterocycles. The number of rotatable bonds is 7. The van der Waals surface area contributed by atoms with Crippen LogP contribution in [-0.4, -0.2) is 21.5 Å². The van der Waals surface area contributed by atoms with Crippen molar-refractivity contribution in [1.82, 2.24) is 9.97 Å². The summed E-state index contributed by atoms with van der Waals surface area (Å²) in [5.41, 5.74) is 9.15. The molecule has 0 spiro atoms. The lowest BCUT2D eigenvalue weighted by atomic mass is 9.91. The molecule has 10 rings (SSSR count). The van der Waals surface area contributed by atoms with Crippen molar-refractivity contribution in [2.75, 3.05) is 9.80 Å². The van der Waals surface area contributed by atoms with Crippen molar-refractivity contribution in [3.63, 3.8) is 0 Å². The first-order valence-corrected chi connectivity index (χ1v) is 22.9. The van der Waals surface area contributed by atoms with E-state index in [0.717, 1.165) is 33.2 Å². The molecular formula is C55H40Cl4N4O2. The summed E-state index contributed by atoms with van der Waals surface area (Å²) in [6, 6.07) is 40.4. The molecule has 0 bridgehead atoms. The van der Waals surface area contributed by atoms with Crippen LogP contribution in [0.3, 0.4) is 0 Å². The van der Waals surface area contributed by atoms with E-state index >= 15 is 0 Å². The number of fused-ring (bicyclic) bond motifs is 4. The molecule has 65 heavy (non-hydrogen) atoms. The van der Waals surface area contributed by atoms with E-state index in [1.807, 2.05) is 127 Å². The summed E-state index contributed by atoms with van der Waals surface area (Å²) >= 11 is 28.7. The van der Waals surface area contributed by atoms with Crippen LogP contribution in [0, 0.1) is 6.92 Å². The van der Waals surface area contributed by atoms with Crippen molar-refractivity contribution < 1.29 is 9.59 Å². The van der Waals surface area contributed by atoms with E-state index in [-0.39, 0.29) is 29.0 Å². The number of Topliss-reactive ketones (excluding diaryl/α,β-unsaturated/α-hetero) is 2. The average molecular weight is 931 g/mol. The Morgan fingerprint density at radius 3 is 1.35 bits per heavy atom. The third-order valence-electron chi connectivity index (χ3n) is 12.2. The number of aryl methyl sites for hydroxylation is 1. The quantitative estimate of drug-likeness (QED) is 0.117. The minimum absolute atomic E-state index is 0.0404. The van der Waals surface area contributed by atoms with Gasteiger partial charge in [-0.25, -0.2) is 9.97 Å². The zero-order chi connectivity index (χ0) is 45.4. The highest BCUT2D eigenvalue weighted by Gasteiger charge is 2.42. The number of ketones is 2. The standard InChI is InChI=1S/C55H40Cl4N4O2/c1-29(2)34-15-10-16-35(30(3)4)50(34)62-47(24-23-36-52(64)37-27-32-13-6-7-14-33(32)28-38(37)53(36)65)63(55-54(62)60-45-21-8-9-22-46(45)61-55)51-39(48-41(56)17-11-18-42(48)57)25-31(5)26-40(51)49-43(58)19-12-20-44(49)59/h6-30H,1-5H3/b47-24+. The van der Waals surface area contributed by atoms with E-state index in [0.29, 0.717) is 87.6 Å². The Morgan fingerprint density at radius 2 is 0.908 bits per heavy atom. The average Bonchev–Trinajstić information content (AvgIpc) is 3.70. The molecule has 0 N–H and O–H groups in total. The lowest BCUT2D eigenvalue weighted by Gasteiger charge is -2.32. The zero-order valence-corrected chi connectivity index (χ0v) is 39.1. The molecule has 2 heterocycles. The number of halogens is 4. The minimum Gasteiger partial charge on any atom is -0.288 e. The van der Waals surface area contributed by atoms with Crippen molar-refractivity contribution >= 4 is 103 Å². The second kappa shape index (κ2) is 16.6. The number of hydrogen-bond acceptors (Lipinski definition) is 6. The summed E-state index contributed by atoms with van der Waals surface area (Å²) in [6.07, 6.45) is 3.48. The van der Waals surface area contributed by atoms with Gasteiger partial charge in [-0.1, -0.05) is 141 Å². The highest BCUT2D eigenvalue weighted by atomic mass is 35.5. The van der Waals surface area contributed by atoms with Gasteiger partial charge in [0.2, 0.25) is 0 Å². The third-order valence-corrected chi connectivity index (χ3v) is 13.4. The van der Waals surface area contributed by atoms with Gasteiger partial charge in [0, 0.05) is 53.5 Å². The lowest BCUT2D eigenvalue weighted by molar-refractivity contribution is 0.0988. The van der Waals surface area contributed by atoms with E-state index in [1.54, 1.807) is 6.08 Å². The molecule has 0 unspecified atom stereocenters. The lowest BCUT2D eigenvalue weighted by Crippen LogP contribution is -2.25. The summed E-state index contributed by atoms with van der Waals surface area (Å²) < 4.78 is 0. The van der Waals surface area contributed by atoms with Gasteiger partial charge >= 0.3 is 0 Å². The molecule has 6 nitrogen and oxygen atoms in total. The van der Waals surface area contributed by atoms with E-state index < -0.39 is 0 Å². The van der Waals surface area contributed by atoms with Crippen LogP contribution in [0.25, 0.3) is 44.1 Å². The van der Waals surface area contributed by atoms with Crippen LogP contribution in [0.4, 0.5) is 23.0 Å². The van der Waals surface area contributed by atoms with E-state index in [1.165, 1.54) is 0 Å². The smallest absolute Gasteiger partial charge is 0.197 e. The maximum absolute atomic E-state index is 14.5. The van der Waals surface area contributed by atoms with Gasteiger partial charge in [-0.05, 0) is 119 Å². The number of para-hydroxylation sites is 3. The molecule has 1 aliphatic carbocycles. The van der Waals surface area contributed by atoms with Crippen molar-refractivity contribution in [3.05, 3.63) is 199 Å². The van der Waals surface area contributed by atoms with Crippen LogP contribution in [0.1, 0.15) is 76.9 Å². The number of hydrogen-bond donors (Lipinski definition) is 0. The van der Waals surface area contributed by atoms with Crippen molar-refractivity contribution in [3.8, 4) is 22.3 Å². The Balaban J connectivity index is 1.37. The normalized spacial score (nSPS) is 14.2. The number of nitrogens with zero attached hydrogens (tertiary/aromatic N) is 4. The topological polar surface area (TPSA) is 66.4 Å². The van der Waals surface area contributed by atoms with Crippen molar-refractivity contribution in [1.29, 1.82) is 0 Å². The predicted octanol–water partition coefficient (Wildman–Crippen LogP) is 16.4. The Hall–Kier alpha value is -6.28. The molecular weight excluding hydrogens is 890 g/mol. The fourth-order valence-electron chi connectivity index (χ4n) is 9.19. The van der Waals surface area contributed by atoms with Gasteiger partial charge in [-0.2, -0.15) is 0 Å². The van der Waals surface area contributed by atoms with Gasteiger partial charge in [0.15, 0.2) is 23.2 Å². The van der Waals surface area contributed by atoms with E-state index in [4.69, 9.17) is 56.4 Å². The second-order valence-corrected chi connectivity index (χ2v) is 18.7. The van der Waals surface area contributed by atoms with Gasteiger partial charge in [0.05, 0.1) is 28.0 Å². The molecule has 0 saturated carbocycles. The van der Waals surface area contributed by atoms with Crippen LogP contribution in [-0.2, 0) is 0 Å². The summed E-state index contributed by atoms with van der Waals surface area (Å²) in [4.78, 5) is 43.9. The third kappa shape index (κ3) is 7.11. The molecule has 10 heteroatoms. The number of benzene rings is 7. The molecule has 0 radical (unpaired) electrons. The maximum Gasteiger partial charge on any atom is 0.197 e. The second-order valence-electron chi connectivity index (χ2n) is 17.0. The monoisotopic (exact) mass is 928 g/mol. The summed E-state index contributed by atoms with van der Waals surface area (Å²) in [5, 5.41) is 3.45. The van der Waals surface area contributed by atoms with Gasteiger partial charge in [-0.15, -0.1) is 0 Å². The van der Waals surface area contributed by atoms with Crippen LogP contribution in [0.5, 0.6) is 0 Å². The molecule has 2 aliphatic rings. The molecule has 8 aromatic rings. The molecule has 320 valence electrons. The highest BCUT2D eigenvalue weighted by molar-refractivity contribution is 6.42. The predicted molar refractivity (Wildman–Crippen MR) is 269 cm³/mol. The first-order valence-electron chi connectivity index (χ1n) is 21.4. The summed E-state index contributed by atoms with van der Waals surface area (Å²) in [7, 11) is 0. The molecule has 1 aromatic heterocycles. The fourth-order valence-corrected chi connectivity index (χ4v) is 10.4. The van der Waals surface area contributed by atoms with Crippen LogP contribution < -0.4 is 9.80 Å². The van der Waals surface area contributed by atoms with E-state index in [2.05, 4.69) is 50.8 Å². The Labute approximate surface area is 397 Å². The van der Waals surface area contributed by atoms with Crippen molar-refractivity contribution in [2.45, 2.75) is 46.5 Å². The van der Waals surface area contributed by atoms with Crippen LogP contribution >= 0.6 is 46.4 Å². The number of allylic oxidation sites excluding steroid dienone is 3. The van der Waals surface area contributed by atoms with Gasteiger partial charge in [0.1, 0.15) is 5.82 Å². The van der Waals surface area contributed by atoms with E-state index in [9.17, 15) is 9.59 Å². The summed E-state index contributed by atoms with van der Waals surface area (Å²) in [5.74, 6) is 1.01. The molecule has 7 aromatic carbocycles. The Bertz CT molecular complexity index is 3210. The Kier molecular flexibility index (Phi) is 10.9. The van der Waals surface area contributed by atoms with Gasteiger partial charge in [-0.3, -0.25) is 19.4 Å². The van der Waals surface area contributed by atoms with Crippen LogP contribution in [0.2, 0.25) is 20.1 Å². The largest absolute Gasteiger partial charge is 0.288 e. The van der Waals surface area contributed by atoms with Gasteiger partial charge < -0.3 is 0 Å². The Morgan fingerprint density at radius 1 is 0.492 bits per heavy atom. The highest BCUT2D eigenvalue weighted by Crippen LogP contribution is 2.57.